The highest BCUT2D eigenvalue weighted by molar-refractivity contribution is 6.34. The van der Waals surface area contributed by atoms with Crippen LogP contribution >= 0.6 is 11.6 Å². The van der Waals surface area contributed by atoms with E-state index >= 15 is 0 Å². The van der Waals surface area contributed by atoms with Gasteiger partial charge < -0.3 is 20.3 Å². The van der Waals surface area contributed by atoms with E-state index in [-0.39, 0.29) is 11.8 Å². The van der Waals surface area contributed by atoms with Crippen LogP contribution in [0.1, 0.15) is 46.4 Å². The molecule has 1 aliphatic rings. The Bertz CT molecular complexity index is 882. The quantitative estimate of drug-likeness (QED) is 0.612. The Hall–Kier alpha value is -2.57. The normalized spacial score (nSPS) is 13.7. The van der Waals surface area contributed by atoms with Crippen LogP contribution in [0.25, 0.3) is 0 Å². The predicted molar refractivity (Wildman–Crippen MR) is 121 cm³/mol. The Morgan fingerprint density at radius 2 is 1.80 bits per heavy atom. The lowest BCUT2D eigenvalue weighted by molar-refractivity contribution is 0.0947. The summed E-state index contributed by atoms with van der Waals surface area (Å²) in [5.41, 5.74) is 2.41. The largest absolute Gasteiger partial charge is 0.385 e. The van der Waals surface area contributed by atoms with Crippen LogP contribution in [0.3, 0.4) is 0 Å². The van der Waals surface area contributed by atoms with E-state index < -0.39 is 0 Å². The van der Waals surface area contributed by atoms with Gasteiger partial charge in [-0.2, -0.15) is 0 Å². The molecule has 160 valence electrons. The molecule has 0 aliphatic carbocycles. The van der Waals surface area contributed by atoms with E-state index in [2.05, 4.69) is 15.5 Å². The molecule has 0 atom stereocenters. The molecule has 1 fully saturated rings. The van der Waals surface area contributed by atoms with Gasteiger partial charge in [-0.1, -0.05) is 23.7 Å². The van der Waals surface area contributed by atoms with Crippen molar-refractivity contribution in [1.29, 1.82) is 0 Å². The molecule has 0 aromatic heterocycles. The van der Waals surface area contributed by atoms with Crippen molar-refractivity contribution >= 4 is 34.8 Å². The van der Waals surface area contributed by atoms with E-state index in [0.717, 1.165) is 38.0 Å². The van der Waals surface area contributed by atoms with E-state index in [4.69, 9.17) is 16.3 Å². The topological polar surface area (TPSA) is 70.7 Å². The van der Waals surface area contributed by atoms with Gasteiger partial charge in [-0.3, -0.25) is 9.59 Å². The van der Waals surface area contributed by atoms with E-state index in [9.17, 15) is 9.59 Å². The van der Waals surface area contributed by atoms with Crippen molar-refractivity contribution in [2.75, 3.05) is 43.6 Å². The smallest absolute Gasteiger partial charge is 0.257 e. The molecule has 1 aliphatic heterocycles. The third-order valence-corrected chi connectivity index (χ3v) is 5.45. The molecule has 3 rings (SSSR count). The van der Waals surface area contributed by atoms with Crippen molar-refractivity contribution in [1.82, 2.24) is 5.32 Å². The van der Waals surface area contributed by atoms with Gasteiger partial charge in [0.1, 0.15) is 0 Å². The number of benzene rings is 2. The van der Waals surface area contributed by atoms with Gasteiger partial charge in [0.15, 0.2) is 0 Å². The highest BCUT2D eigenvalue weighted by Crippen LogP contribution is 2.28. The molecular weight excluding hydrogens is 402 g/mol. The van der Waals surface area contributed by atoms with Gasteiger partial charge in [0, 0.05) is 44.7 Å². The van der Waals surface area contributed by atoms with Gasteiger partial charge >= 0.3 is 0 Å². The Morgan fingerprint density at radius 1 is 1.03 bits per heavy atom. The minimum absolute atomic E-state index is 0.152. The van der Waals surface area contributed by atoms with E-state index in [1.54, 1.807) is 37.4 Å². The van der Waals surface area contributed by atoms with E-state index in [0.29, 0.717) is 35.0 Å². The van der Waals surface area contributed by atoms with Crippen LogP contribution in [0.15, 0.2) is 42.5 Å². The first-order chi connectivity index (χ1) is 14.6. The number of ether oxygens (including phenoxy) is 1. The van der Waals surface area contributed by atoms with Gasteiger partial charge in [-0.15, -0.1) is 0 Å². The van der Waals surface area contributed by atoms with Crippen molar-refractivity contribution in [3.05, 3.63) is 58.6 Å². The highest BCUT2D eigenvalue weighted by Gasteiger charge is 2.20. The number of nitrogens with one attached hydrogen (secondary N) is 2. The second-order valence-corrected chi connectivity index (χ2v) is 7.72. The maximum Gasteiger partial charge on any atom is 0.257 e. The first-order valence-corrected chi connectivity index (χ1v) is 10.7. The van der Waals surface area contributed by atoms with Gasteiger partial charge in [0.25, 0.3) is 11.8 Å². The second-order valence-electron chi connectivity index (χ2n) is 7.32. The van der Waals surface area contributed by atoms with Crippen molar-refractivity contribution in [3.63, 3.8) is 0 Å². The number of hydrogen-bond acceptors (Lipinski definition) is 4. The average Bonchev–Trinajstić information content (AvgIpc) is 2.77. The zero-order chi connectivity index (χ0) is 21.3. The van der Waals surface area contributed by atoms with Gasteiger partial charge in [-0.05, 0) is 56.0 Å². The molecule has 0 bridgehead atoms. The number of rotatable bonds is 8. The van der Waals surface area contributed by atoms with Crippen LogP contribution < -0.4 is 15.5 Å². The van der Waals surface area contributed by atoms with Crippen LogP contribution in [-0.2, 0) is 4.74 Å². The zero-order valence-electron chi connectivity index (χ0n) is 17.2. The third kappa shape index (κ3) is 5.74. The average molecular weight is 430 g/mol. The fourth-order valence-corrected chi connectivity index (χ4v) is 3.79. The Labute approximate surface area is 182 Å². The standard InChI is InChI=1S/C23H28ClN3O3/c1-30-15-7-12-25-22(28)19-16-17(10-11-21(19)27-13-5-2-6-14-27)26-23(29)18-8-3-4-9-20(18)24/h3-4,8-11,16H,2,5-7,12-15H2,1H3,(H,25,28)(H,26,29). The highest BCUT2D eigenvalue weighted by atomic mass is 35.5. The van der Waals surface area contributed by atoms with Crippen molar-refractivity contribution < 1.29 is 14.3 Å². The molecular formula is C23H28ClN3O3. The van der Waals surface area contributed by atoms with Crippen LogP contribution in [0, 0.1) is 0 Å². The number of nitrogens with zero attached hydrogens (tertiary/aromatic N) is 1. The maximum atomic E-state index is 12.9. The molecule has 0 saturated carbocycles. The SMILES string of the molecule is COCCCNC(=O)c1cc(NC(=O)c2ccccc2Cl)ccc1N1CCCCC1. The summed E-state index contributed by atoms with van der Waals surface area (Å²) >= 11 is 6.13. The van der Waals surface area contributed by atoms with E-state index in [1.165, 1.54) is 6.42 Å². The first-order valence-electron chi connectivity index (χ1n) is 10.3. The third-order valence-electron chi connectivity index (χ3n) is 5.13. The fourth-order valence-electron chi connectivity index (χ4n) is 3.56. The van der Waals surface area contributed by atoms with E-state index in [1.807, 2.05) is 12.1 Å². The lowest BCUT2D eigenvalue weighted by Crippen LogP contribution is -2.33. The van der Waals surface area contributed by atoms with Crippen molar-refractivity contribution in [2.24, 2.45) is 0 Å². The van der Waals surface area contributed by atoms with Crippen LogP contribution in [0.5, 0.6) is 0 Å². The molecule has 0 radical (unpaired) electrons. The minimum atomic E-state index is -0.308. The van der Waals surface area contributed by atoms with Gasteiger partial charge in [0.2, 0.25) is 0 Å². The number of carbonyl (C=O) groups is 2. The number of carbonyl (C=O) groups excluding carboxylic acids is 2. The van der Waals surface area contributed by atoms with Crippen molar-refractivity contribution in [2.45, 2.75) is 25.7 Å². The number of hydrogen-bond donors (Lipinski definition) is 2. The lowest BCUT2D eigenvalue weighted by atomic mass is 10.1. The molecule has 0 spiro atoms. The Balaban J connectivity index is 1.81. The second kappa shape index (κ2) is 11.0. The molecule has 0 unspecified atom stereocenters. The summed E-state index contributed by atoms with van der Waals surface area (Å²) in [7, 11) is 1.64. The fraction of sp³-hybridized carbons (Fsp3) is 0.391. The summed E-state index contributed by atoms with van der Waals surface area (Å²) in [6.07, 6.45) is 4.17. The summed E-state index contributed by atoms with van der Waals surface area (Å²) < 4.78 is 5.04. The monoisotopic (exact) mass is 429 g/mol. The minimum Gasteiger partial charge on any atom is -0.385 e. The summed E-state index contributed by atoms with van der Waals surface area (Å²) in [6, 6.07) is 12.4. The number of piperidine rings is 1. The molecule has 6 nitrogen and oxygen atoms in total. The Morgan fingerprint density at radius 3 is 2.53 bits per heavy atom. The molecule has 2 aromatic rings. The molecule has 2 aromatic carbocycles. The molecule has 2 N–H and O–H groups in total. The summed E-state index contributed by atoms with van der Waals surface area (Å²) in [5, 5.41) is 6.20. The Kier molecular flexibility index (Phi) is 8.11. The first kappa shape index (κ1) is 22.1. The molecule has 1 heterocycles. The molecule has 7 heteroatoms. The maximum absolute atomic E-state index is 12.9. The predicted octanol–water partition coefficient (Wildman–Crippen LogP) is 4.35. The van der Waals surface area contributed by atoms with Crippen LogP contribution in [0.4, 0.5) is 11.4 Å². The molecule has 1 saturated heterocycles. The van der Waals surface area contributed by atoms with Crippen LogP contribution in [0.2, 0.25) is 5.02 Å². The summed E-state index contributed by atoms with van der Waals surface area (Å²) in [5.74, 6) is -0.460. The summed E-state index contributed by atoms with van der Waals surface area (Å²) in [4.78, 5) is 27.8. The number of amides is 2. The van der Waals surface area contributed by atoms with Crippen LogP contribution in [-0.4, -0.2) is 45.2 Å². The van der Waals surface area contributed by atoms with Crippen molar-refractivity contribution in [3.8, 4) is 0 Å². The molecule has 2 amide bonds. The molecule has 30 heavy (non-hydrogen) atoms. The number of anilines is 2. The number of methoxy groups -OCH3 is 1. The van der Waals surface area contributed by atoms with Gasteiger partial charge in [0.05, 0.1) is 16.1 Å². The van der Waals surface area contributed by atoms with Gasteiger partial charge in [-0.25, -0.2) is 0 Å². The lowest BCUT2D eigenvalue weighted by Gasteiger charge is -2.30. The summed E-state index contributed by atoms with van der Waals surface area (Å²) in [6.45, 7) is 2.97. The zero-order valence-corrected chi connectivity index (χ0v) is 18.0. The number of halogens is 1.